The first-order valence-electron chi connectivity index (χ1n) is 6.25. The molecular formula is C15H17N3O. The highest BCUT2D eigenvalue weighted by atomic mass is 16.2. The van der Waals surface area contributed by atoms with Crippen LogP contribution in [0.15, 0.2) is 48.7 Å². The van der Waals surface area contributed by atoms with Gasteiger partial charge in [-0.05, 0) is 24.6 Å². The minimum atomic E-state index is -0.0985. The molecule has 0 aliphatic carbocycles. The highest BCUT2D eigenvalue weighted by Gasteiger charge is 2.15. The summed E-state index contributed by atoms with van der Waals surface area (Å²) in [5, 5.41) is 0. The van der Waals surface area contributed by atoms with Crippen molar-refractivity contribution in [3.8, 4) is 0 Å². The summed E-state index contributed by atoms with van der Waals surface area (Å²) in [6.07, 6.45) is 1.55. The number of hydrogen-bond acceptors (Lipinski definition) is 3. The summed E-state index contributed by atoms with van der Waals surface area (Å²) in [4.78, 5) is 18.2. The standard InChI is InChI=1S/C15H17N3O/c1-2-18(11-12-6-4-3-5-7-12)15(19)14-10-13(16)8-9-17-14/h3-10H,2,11H2,1H3,(H2,16,17). The van der Waals surface area contributed by atoms with E-state index in [-0.39, 0.29) is 5.91 Å². The molecule has 0 saturated heterocycles. The molecule has 0 spiro atoms. The number of anilines is 1. The third-order valence-electron chi connectivity index (χ3n) is 2.89. The number of nitrogen functional groups attached to an aromatic ring is 1. The fourth-order valence-corrected chi connectivity index (χ4v) is 1.86. The van der Waals surface area contributed by atoms with E-state index in [9.17, 15) is 4.79 Å². The van der Waals surface area contributed by atoms with Crippen molar-refractivity contribution in [3.63, 3.8) is 0 Å². The summed E-state index contributed by atoms with van der Waals surface area (Å²) in [7, 11) is 0. The molecule has 19 heavy (non-hydrogen) atoms. The van der Waals surface area contributed by atoms with Crippen LogP contribution >= 0.6 is 0 Å². The van der Waals surface area contributed by atoms with Crippen molar-refractivity contribution in [2.75, 3.05) is 12.3 Å². The lowest BCUT2D eigenvalue weighted by Gasteiger charge is -2.20. The number of carbonyl (C=O) groups excluding carboxylic acids is 1. The van der Waals surface area contributed by atoms with Crippen molar-refractivity contribution in [2.45, 2.75) is 13.5 Å². The van der Waals surface area contributed by atoms with Crippen LogP contribution in [0.4, 0.5) is 5.69 Å². The van der Waals surface area contributed by atoms with Gasteiger partial charge in [-0.1, -0.05) is 30.3 Å². The number of rotatable bonds is 4. The summed E-state index contributed by atoms with van der Waals surface area (Å²) in [5.41, 5.74) is 7.72. The van der Waals surface area contributed by atoms with E-state index in [1.807, 2.05) is 37.3 Å². The molecule has 0 aliphatic heterocycles. The van der Waals surface area contributed by atoms with E-state index in [1.54, 1.807) is 23.2 Å². The van der Waals surface area contributed by atoms with Gasteiger partial charge in [0.1, 0.15) is 5.69 Å². The molecule has 0 atom stereocenters. The molecule has 0 radical (unpaired) electrons. The van der Waals surface area contributed by atoms with Gasteiger partial charge in [0.25, 0.3) is 5.91 Å². The van der Waals surface area contributed by atoms with E-state index in [0.29, 0.717) is 24.5 Å². The second-order valence-corrected chi connectivity index (χ2v) is 4.28. The van der Waals surface area contributed by atoms with Crippen molar-refractivity contribution < 1.29 is 4.79 Å². The fraction of sp³-hybridized carbons (Fsp3) is 0.200. The van der Waals surface area contributed by atoms with Gasteiger partial charge >= 0.3 is 0 Å². The van der Waals surface area contributed by atoms with Gasteiger partial charge < -0.3 is 10.6 Å². The summed E-state index contributed by atoms with van der Waals surface area (Å²) < 4.78 is 0. The Labute approximate surface area is 112 Å². The Balaban J connectivity index is 2.16. The van der Waals surface area contributed by atoms with E-state index in [2.05, 4.69) is 4.98 Å². The highest BCUT2D eigenvalue weighted by molar-refractivity contribution is 5.93. The van der Waals surface area contributed by atoms with E-state index in [4.69, 9.17) is 5.73 Å². The van der Waals surface area contributed by atoms with Gasteiger partial charge in [-0.25, -0.2) is 0 Å². The Morgan fingerprint density at radius 2 is 2.00 bits per heavy atom. The number of hydrogen-bond donors (Lipinski definition) is 1. The summed E-state index contributed by atoms with van der Waals surface area (Å²) >= 11 is 0. The van der Waals surface area contributed by atoms with Crippen LogP contribution in [0.1, 0.15) is 23.0 Å². The predicted molar refractivity (Wildman–Crippen MR) is 75.5 cm³/mol. The van der Waals surface area contributed by atoms with Crippen LogP contribution in [-0.2, 0) is 6.54 Å². The minimum absolute atomic E-state index is 0.0985. The largest absolute Gasteiger partial charge is 0.399 e. The molecule has 1 aromatic carbocycles. The number of pyridine rings is 1. The second-order valence-electron chi connectivity index (χ2n) is 4.28. The quantitative estimate of drug-likeness (QED) is 0.912. The molecular weight excluding hydrogens is 238 g/mol. The van der Waals surface area contributed by atoms with E-state index < -0.39 is 0 Å². The average molecular weight is 255 g/mol. The lowest BCUT2D eigenvalue weighted by molar-refractivity contribution is 0.0746. The second kappa shape index (κ2) is 6.00. The third-order valence-corrected chi connectivity index (χ3v) is 2.89. The van der Waals surface area contributed by atoms with Crippen molar-refractivity contribution in [3.05, 3.63) is 59.9 Å². The zero-order chi connectivity index (χ0) is 13.7. The van der Waals surface area contributed by atoms with Crippen LogP contribution in [0.5, 0.6) is 0 Å². The lowest BCUT2D eigenvalue weighted by Crippen LogP contribution is -2.31. The third kappa shape index (κ3) is 3.31. The predicted octanol–water partition coefficient (Wildman–Crippen LogP) is 2.33. The number of benzene rings is 1. The molecule has 2 N–H and O–H groups in total. The number of nitrogens with zero attached hydrogens (tertiary/aromatic N) is 2. The molecule has 4 heteroatoms. The van der Waals surface area contributed by atoms with Crippen LogP contribution in [0.25, 0.3) is 0 Å². The summed E-state index contributed by atoms with van der Waals surface area (Å²) in [6.45, 7) is 3.16. The number of amides is 1. The van der Waals surface area contributed by atoms with Crippen LogP contribution in [0.3, 0.4) is 0 Å². The van der Waals surface area contributed by atoms with Crippen LogP contribution in [0, 0.1) is 0 Å². The molecule has 1 heterocycles. The van der Waals surface area contributed by atoms with Gasteiger partial charge in [0.15, 0.2) is 0 Å². The normalized spacial score (nSPS) is 10.2. The zero-order valence-electron chi connectivity index (χ0n) is 10.9. The molecule has 1 aromatic heterocycles. The number of carbonyl (C=O) groups is 1. The molecule has 0 aliphatic rings. The number of aromatic nitrogens is 1. The Morgan fingerprint density at radius 3 is 2.63 bits per heavy atom. The molecule has 0 bridgehead atoms. The fourth-order valence-electron chi connectivity index (χ4n) is 1.86. The van der Waals surface area contributed by atoms with Crippen LogP contribution < -0.4 is 5.73 Å². The maximum Gasteiger partial charge on any atom is 0.272 e. The molecule has 2 aromatic rings. The van der Waals surface area contributed by atoms with Crippen molar-refractivity contribution >= 4 is 11.6 Å². The Morgan fingerprint density at radius 1 is 1.26 bits per heavy atom. The van der Waals surface area contributed by atoms with Gasteiger partial charge in [-0.3, -0.25) is 9.78 Å². The van der Waals surface area contributed by atoms with Gasteiger partial charge in [0, 0.05) is 25.0 Å². The minimum Gasteiger partial charge on any atom is -0.399 e. The Hall–Kier alpha value is -2.36. The Bertz CT molecular complexity index is 554. The molecule has 1 amide bonds. The first kappa shape index (κ1) is 13.1. The highest BCUT2D eigenvalue weighted by Crippen LogP contribution is 2.10. The zero-order valence-corrected chi connectivity index (χ0v) is 10.9. The lowest BCUT2D eigenvalue weighted by atomic mass is 10.2. The molecule has 4 nitrogen and oxygen atoms in total. The molecule has 0 fully saturated rings. The summed E-state index contributed by atoms with van der Waals surface area (Å²) in [6, 6.07) is 13.2. The van der Waals surface area contributed by atoms with E-state index in [0.717, 1.165) is 5.56 Å². The van der Waals surface area contributed by atoms with E-state index >= 15 is 0 Å². The maximum absolute atomic E-state index is 12.3. The van der Waals surface area contributed by atoms with Gasteiger partial charge in [0.2, 0.25) is 0 Å². The average Bonchev–Trinajstić information content (AvgIpc) is 2.45. The van der Waals surface area contributed by atoms with Crippen molar-refractivity contribution in [2.24, 2.45) is 0 Å². The van der Waals surface area contributed by atoms with Crippen LogP contribution in [-0.4, -0.2) is 22.3 Å². The first-order chi connectivity index (χ1) is 9.20. The topological polar surface area (TPSA) is 59.2 Å². The summed E-state index contributed by atoms with van der Waals surface area (Å²) in [5.74, 6) is -0.0985. The van der Waals surface area contributed by atoms with Gasteiger partial charge in [-0.15, -0.1) is 0 Å². The smallest absolute Gasteiger partial charge is 0.272 e. The monoisotopic (exact) mass is 255 g/mol. The van der Waals surface area contributed by atoms with E-state index in [1.165, 1.54) is 0 Å². The SMILES string of the molecule is CCN(Cc1ccccc1)C(=O)c1cc(N)ccn1. The number of nitrogens with two attached hydrogens (primary N) is 1. The first-order valence-corrected chi connectivity index (χ1v) is 6.25. The molecule has 98 valence electrons. The van der Waals surface area contributed by atoms with Crippen molar-refractivity contribution in [1.29, 1.82) is 0 Å². The van der Waals surface area contributed by atoms with Crippen LogP contribution in [0.2, 0.25) is 0 Å². The van der Waals surface area contributed by atoms with Crippen molar-refractivity contribution in [1.82, 2.24) is 9.88 Å². The van der Waals surface area contributed by atoms with Gasteiger partial charge in [-0.2, -0.15) is 0 Å². The van der Waals surface area contributed by atoms with Gasteiger partial charge in [0.05, 0.1) is 0 Å². The molecule has 2 rings (SSSR count). The Kier molecular flexibility index (Phi) is 4.13. The maximum atomic E-state index is 12.3. The molecule has 0 unspecified atom stereocenters. The molecule has 0 saturated carbocycles.